The third kappa shape index (κ3) is 5.57. The summed E-state index contributed by atoms with van der Waals surface area (Å²) < 4.78 is 17.3. The minimum atomic E-state index is -0.146. The molecule has 2 N–H and O–H groups in total. The molecule has 3 saturated carbocycles. The van der Waals surface area contributed by atoms with Crippen LogP contribution in [0.4, 0.5) is 0 Å². The predicted molar refractivity (Wildman–Crippen MR) is 119 cm³/mol. The molecule has 4 aliphatic rings. The van der Waals surface area contributed by atoms with Crippen LogP contribution in [0, 0.1) is 17.8 Å². The number of rotatable bonds is 9. The number of carbonyl (C=O) groups excluding carboxylic acids is 1. The standard InChI is InChI=1S/C23H35N3O4S/c1-14-9-15(14)10-16-11-19(16)25-22(27)20-21(31-18-5-3-2-4-6-18)23(26-30-20)29-13-17-12-24-7-8-28-17/h14-19,24H,2-13H2,1H3,(H,25,27)/t14-,15?,16?,17?,19?/m0/s1. The number of morpholine rings is 1. The van der Waals surface area contributed by atoms with Crippen molar-refractivity contribution in [2.45, 2.75) is 80.6 Å². The van der Waals surface area contributed by atoms with Crippen LogP contribution in [-0.2, 0) is 4.74 Å². The van der Waals surface area contributed by atoms with Gasteiger partial charge in [0.2, 0.25) is 5.76 Å². The zero-order valence-corrected chi connectivity index (χ0v) is 19.3. The molecule has 4 fully saturated rings. The number of ether oxygens (including phenoxy) is 2. The van der Waals surface area contributed by atoms with Gasteiger partial charge in [-0.1, -0.05) is 26.2 Å². The molecule has 0 aromatic carbocycles. The fourth-order valence-electron chi connectivity index (χ4n) is 4.89. The molecular formula is C23H35N3O4S. The Morgan fingerprint density at radius 3 is 2.84 bits per heavy atom. The summed E-state index contributed by atoms with van der Waals surface area (Å²) in [4.78, 5) is 13.8. The first kappa shape index (κ1) is 21.6. The average Bonchev–Trinajstić information content (AvgIpc) is 3.65. The highest BCUT2D eigenvalue weighted by Gasteiger charge is 2.45. The normalized spacial score (nSPS) is 33.1. The topological polar surface area (TPSA) is 85.6 Å². The Labute approximate surface area is 188 Å². The lowest BCUT2D eigenvalue weighted by Crippen LogP contribution is -2.41. The monoisotopic (exact) mass is 449 g/mol. The summed E-state index contributed by atoms with van der Waals surface area (Å²) in [6, 6.07) is 0.281. The van der Waals surface area contributed by atoms with Crippen molar-refractivity contribution in [2.24, 2.45) is 17.8 Å². The van der Waals surface area contributed by atoms with E-state index in [0.717, 1.165) is 49.1 Å². The molecule has 172 valence electrons. The van der Waals surface area contributed by atoms with Crippen LogP contribution in [0.1, 0.15) is 68.8 Å². The molecule has 1 amide bonds. The Kier molecular flexibility index (Phi) is 6.76. The van der Waals surface area contributed by atoms with E-state index < -0.39 is 0 Å². The van der Waals surface area contributed by atoms with Gasteiger partial charge in [0, 0.05) is 24.4 Å². The van der Waals surface area contributed by atoms with Crippen molar-refractivity contribution in [2.75, 3.05) is 26.3 Å². The SMILES string of the molecule is C[C@H]1CC1CC1CC1NC(=O)c1onc(OCC2CNCCO2)c1SC1CCCCC1. The molecule has 8 heteroatoms. The van der Waals surface area contributed by atoms with E-state index in [2.05, 4.69) is 22.7 Å². The predicted octanol–water partition coefficient (Wildman–Crippen LogP) is 3.63. The van der Waals surface area contributed by atoms with E-state index in [-0.39, 0.29) is 18.1 Å². The smallest absolute Gasteiger partial charge is 0.291 e. The maximum atomic E-state index is 13.0. The zero-order chi connectivity index (χ0) is 21.2. The maximum absolute atomic E-state index is 13.0. The molecule has 7 nitrogen and oxygen atoms in total. The first-order chi connectivity index (χ1) is 15.2. The molecule has 0 radical (unpaired) electrons. The zero-order valence-electron chi connectivity index (χ0n) is 18.4. The molecule has 0 spiro atoms. The second kappa shape index (κ2) is 9.71. The molecule has 4 unspecified atom stereocenters. The lowest BCUT2D eigenvalue weighted by molar-refractivity contribution is -0.00187. The summed E-state index contributed by atoms with van der Waals surface area (Å²) in [5, 5.41) is 11.1. The fourth-order valence-corrected chi connectivity index (χ4v) is 6.23. The highest BCUT2D eigenvalue weighted by atomic mass is 32.2. The second-order valence-electron chi connectivity index (χ2n) is 9.82. The third-order valence-electron chi connectivity index (χ3n) is 7.19. The summed E-state index contributed by atoms with van der Waals surface area (Å²) in [6.07, 6.45) is 9.78. The van der Waals surface area contributed by atoms with Crippen LogP contribution in [0.25, 0.3) is 0 Å². The first-order valence-corrected chi connectivity index (χ1v) is 13.0. The molecule has 5 rings (SSSR count). The lowest BCUT2D eigenvalue weighted by Gasteiger charge is -2.23. The van der Waals surface area contributed by atoms with Crippen LogP contribution in [0.3, 0.4) is 0 Å². The van der Waals surface area contributed by atoms with Gasteiger partial charge in [-0.3, -0.25) is 4.79 Å². The van der Waals surface area contributed by atoms with Gasteiger partial charge < -0.3 is 24.6 Å². The van der Waals surface area contributed by atoms with Gasteiger partial charge in [-0.05, 0) is 55.0 Å². The van der Waals surface area contributed by atoms with Crippen LogP contribution in [-0.4, -0.2) is 54.8 Å². The Hall–Kier alpha value is -1.25. The minimum Gasteiger partial charge on any atom is -0.472 e. The fraction of sp³-hybridized carbons (Fsp3) is 0.826. The number of carbonyl (C=O) groups is 1. The minimum absolute atomic E-state index is 0.00713. The average molecular weight is 450 g/mol. The summed E-state index contributed by atoms with van der Waals surface area (Å²) in [7, 11) is 0. The number of hydrogen-bond acceptors (Lipinski definition) is 7. The quantitative estimate of drug-likeness (QED) is 0.595. The summed E-state index contributed by atoms with van der Waals surface area (Å²) in [5.41, 5.74) is 0. The van der Waals surface area contributed by atoms with Crippen molar-refractivity contribution in [3.63, 3.8) is 0 Å². The molecule has 3 aliphatic carbocycles. The van der Waals surface area contributed by atoms with Crippen LogP contribution in [0.5, 0.6) is 5.88 Å². The van der Waals surface area contributed by atoms with Crippen molar-refractivity contribution in [3.05, 3.63) is 5.76 Å². The Morgan fingerprint density at radius 2 is 2.10 bits per heavy atom. The van der Waals surface area contributed by atoms with E-state index in [0.29, 0.717) is 36.0 Å². The Balaban J connectivity index is 1.22. The molecule has 1 aliphatic heterocycles. The van der Waals surface area contributed by atoms with E-state index in [1.54, 1.807) is 11.8 Å². The van der Waals surface area contributed by atoms with Crippen LogP contribution < -0.4 is 15.4 Å². The Bertz CT molecular complexity index is 760. The van der Waals surface area contributed by atoms with E-state index in [1.165, 1.54) is 32.1 Å². The summed E-state index contributed by atoms with van der Waals surface area (Å²) >= 11 is 1.71. The molecular weight excluding hydrogens is 414 g/mol. The number of amides is 1. The number of hydrogen-bond donors (Lipinski definition) is 2. The third-order valence-corrected chi connectivity index (χ3v) is 8.59. The largest absolute Gasteiger partial charge is 0.472 e. The van der Waals surface area contributed by atoms with Gasteiger partial charge in [0.15, 0.2) is 0 Å². The number of nitrogens with one attached hydrogen (secondary N) is 2. The van der Waals surface area contributed by atoms with Crippen molar-refractivity contribution in [1.29, 1.82) is 0 Å². The first-order valence-electron chi connectivity index (χ1n) is 12.1. The van der Waals surface area contributed by atoms with E-state index in [9.17, 15) is 4.79 Å². The molecule has 1 saturated heterocycles. The van der Waals surface area contributed by atoms with Crippen LogP contribution in [0.2, 0.25) is 0 Å². The highest BCUT2D eigenvalue weighted by Crippen LogP contribution is 2.48. The Morgan fingerprint density at radius 1 is 1.26 bits per heavy atom. The van der Waals surface area contributed by atoms with Crippen molar-refractivity contribution in [3.8, 4) is 5.88 Å². The number of thioether (sulfide) groups is 1. The second-order valence-corrected chi connectivity index (χ2v) is 11.1. The van der Waals surface area contributed by atoms with Gasteiger partial charge in [-0.25, -0.2) is 0 Å². The number of aromatic nitrogens is 1. The lowest BCUT2D eigenvalue weighted by atomic mass is 10.0. The van der Waals surface area contributed by atoms with Gasteiger partial charge in [-0.15, -0.1) is 11.8 Å². The molecule has 1 aromatic heterocycles. The van der Waals surface area contributed by atoms with Gasteiger partial charge in [0.1, 0.15) is 17.6 Å². The number of nitrogens with zero attached hydrogens (tertiary/aromatic N) is 1. The van der Waals surface area contributed by atoms with Crippen molar-refractivity contribution < 1.29 is 18.8 Å². The maximum Gasteiger partial charge on any atom is 0.291 e. The summed E-state index contributed by atoms with van der Waals surface area (Å²) in [5.74, 6) is 2.97. The molecule has 0 bridgehead atoms. The van der Waals surface area contributed by atoms with Gasteiger partial charge in [0.05, 0.1) is 6.61 Å². The molecule has 31 heavy (non-hydrogen) atoms. The van der Waals surface area contributed by atoms with Crippen LogP contribution >= 0.6 is 11.8 Å². The highest BCUT2D eigenvalue weighted by molar-refractivity contribution is 8.00. The van der Waals surface area contributed by atoms with Crippen molar-refractivity contribution >= 4 is 17.7 Å². The molecule has 2 heterocycles. The van der Waals surface area contributed by atoms with E-state index in [4.69, 9.17) is 14.0 Å². The summed E-state index contributed by atoms with van der Waals surface area (Å²) in [6.45, 7) is 5.05. The van der Waals surface area contributed by atoms with Gasteiger partial charge in [-0.2, -0.15) is 0 Å². The molecule has 1 aromatic rings. The molecule has 5 atom stereocenters. The van der Waals surface area contributed by atoms with E-state index in [1.807, 2.05) is 0 Å². The van der Waals surface area contributed by atoms with Crippen molar-refractivity contribution in [1.82, 2.24) is 15.8 Å². The van der Waals surface area contributed by atoms with Crippen LogP contribution in [0.15, 0.2) is 9.42 Å². The van der Waals surface area contributed by atoms with Gasteiger partial charge in [0.25, 0.3) is 11.8 Å². The van der Waals surface area contributed by atoms with Gasteiger partial charge >= 0.3 is 0 Å². The van der Waals surface area contributed by atoms with E-state index >= 15 is 0 Å².